The van der Waals surface area contributed by atoms with Crippen molar-refractivity contribution in [3.8, 4) is 11.4 Å². The number of ether oxygens (including phenoxy) is 1. The molecule has 0 unspecified atom stereocenters. The van der Waals surface area contributed by atoms with Crippen molar-refractivity contribution in [2.45, 2.75) is 145 Å². The molecule has 1 aromatic heterocycles. The summed E-state index contributed by atoms with van der Waals surface area (Å²) >= 11 is 2.33. The van der Waals surface area contributed by atoms with Crippen LogP contribution in [0.4, 0.5) is 0 Å². The molecule has 3 N–H and O–H groups in total. The number of aliphatic carboxylic acids is 1. The number of aromatic nitrogens is 3. The van der Waals surface area contributed by atoms with Crippen LogP contribution in [0.5, 0.6) is 0 Å². The molecule has 4 fully saturated rings. The van der Waals surface area contributed by atoms with E-state index in [1.54, 1.807) is 13.8 Å². The minimum atomic E-state index is -1.17. The molecule has 55 heavy (non-hydrogen) atoms. The summed E-state index contributed by atoms with van der Waals surface area (Å²) in [5, 5.41) is 19.5. The SMILES string of the molecule is CC(C)C1=C2[C@H]3CC[C@@H]4[C@@]5(C)CC[C@H](OC(=O)CC(C)(C)C(=O)O)C(C)(C)[C@@H]5CC[C@@]4(C)[C@]3(C)CC[C@@]2(c2nnc(-c3ccc(I)cc3)n2CCN)CC1=O. The summed E-state index contributed by atoms with van der Waals surface area (Å²) in [6, 6.07) is 8.40. The minimum Gasteiger partial charge on any atom is -0.481 e. The van der Waals surface area contributed by atoms with Crippen molar-refractivity contribution >= 4 is 40.3 Å². The van der Waals surface area contributed by atoms with Crippen molar-refractivity contribution in [2.24, 2.45) is 56.5 Å². The standard InChI is InChI=1S/C45H63IN4O5/c1-26(2)35-30(51)24-45(38-49-48-37(50(38)23-22-47)27-10-12-28(46)13-11-27)21-20-43(8)29(36(35)45)14-15-32-42(7)18-17-33(55-34(52)25-40(3,4)39(53)54)41(5,6)31(42)16-19-44(32,43)9/h10-13,26,29,31-33H,14-25,47H2,1-9H3,(H,53,54)/t29-,31+,32-,33+,42+,43-,44-,45-/m1/s1. The van der Waals surface area contributed by atoms with Crippen molar-refractivity contribution in [1.29, 1.82) is 0 Å². The molecule has 7 rings (SSSR count). The fraction of sp³-hybridized carbons (Fsp3) is 0.711. The van der Waals surface area contributed by atoms with Crippen LogP contribution >= 0.6 is 22.6 Å². The van der Waals surface area contributed by atoms with Crippen LogP contribution in [0.3, 0.4) is 0 Å². The number of esters is 1. The first-order chi connectivity index (χ1) is 25.7. The topological polar surface area (TPSA) is 137 Å². The summed E-state index contributed by atoms with van der Waals surface area (Å²) in [6.07, 6.45) is 8.01. The molecule has 9 nitrogen and oxygen atoms in total. The molecule has 1 aromatic carbocycles. The number of allylic oxidation sites excluding steroid dienone is 2. The maximum atomic E-state index is 14.4. The number of nitrogens with zero attached hydrogens (tertiary/aromatic N) is 3. The van der Waals surface area contributed by atoms with Crippen molar-refractivity contribution in [3.05, 3.63) is 44.8 Å². The monoisotopic (exact) mass is 866 g/mol. The van der Waals surface area contributed by atoms with Gasteiger partial charge in [-0.3, -0.25) is 14.4 Å². The Morgan fingerprint density at radius 2 is 1.65 bits per heavy atom. The summed E-state index contributed by atoms with van der Waals surface area (Å²) < 4.78 is 9.59. The largest absolute Gasteiger partial charge is 0.481 e. The molecule has 0 amide bonds. The first kappa shape index (κ1) is 40.6. The number of Topliss-reactive ketones (excluding diaryl/α,β-unsaturated/α-hetero) is 1. The number of carboxylic acid groups (broad SMARTS) is 1. The van der Waals surface area contributed by atoms with Crippen molar-refractivity contribution in [1.82, 2.24) is 14.8 Å². The molecule has 300 valence electrons. The molecule has 8 atom stereocenters. The molecule has 0 spiro atoms. The number of hydrogen-bond acceptors (Lipinski definition) is 7. The van der Waals surface area contributed by atoms with Crippen molar-refractivity contribution < 1.29 is 24.2 Å². The molecule has 0 saturated heterocycles. The molecule has 0 bridgehead atoms. The Balaban J connectivity index is 1.24. The highest BCUT2D eigenvalue weighted by Crippen LogP contribution is 2.76. The smallest absolute Gasteiger partial charge is 0.309 e. The number of hydrogen-bond donors (Lipinski definition) is 2. The van der Waals surface area contributed by atoms with E-state index in [1.165, 1.54) is 5.57 Å². The Morgan fingerprint density at radius 3 is 2.29 bits per heavy atom. The zero-order chi connectivity index (χ0) is 40.1. The lowest BCUT2D eigenvalue weighted by atomic mass is 9.33. The third kappa shape index (κ3) is 6.02. The number of nitrogens with two attached hydrogens (primary N) is 1. The molecular weight excluding hydrogens is 803 g/mol. The maximum Gasteiger partial charge on any atom is 0.309 e. The highest BCUT2D eigenvalue weighted by Gasteiger charge is 2.71. The van der Waals surface area contributed by atoms with E-state index in [1.807, 2.05) is 0 Å². The van der Waals surface area contributed by atoms with Gasteiger partial charge < -0.3 is 20.1 Å². The van der Waals surface area contributed by atoms with Gasteiger partial charge in [-0.15, -0.1) is 10.2 Å². The number of carbonyl (C=O) groups excluding carboxylic acids is 2. The fourth-order valence-electron chi connectivity index (χ4n) is 13.5. The van der Waals surface area contributed by atoms with E-state index in [0.717, 1.165) is 77.7 Å². The number of carbonyl (C=O) groups is 3. The van der Waals surface area contributed by atoms with Crippen LogP contribution in [0.2, 0.25) is 0 Å². The second kappa shape index (κ2) is 13.8. The highest BCUT2D eigenvalue weighted by molar-refractivity contribution is 14.1. The average molecular weight is 867 g/mol. The zero-order valence-electron chi connectivity index (χ0n) is 34.6. The van der Waals surface area contributed by atoms with Crippen LogP contribution in [-0.4, -0.2) is 50.2 Å². The van der Waals surface area contributed by atoms with E-state index >= 15 is 0 Å². The van der Waals surface area contributed by atoms with Gasteiger partial charge in [-0.2, -0.15) is 0 Å². The van der Waals surface area contributed by atoms with Crippen molar-refractivity contribution in [2.75, 3.05) is 6.54 Å². The predicted molar refractivity (Wildman–Crippen MR) is 222 cm³/mol. The Bertz CT molecular complexity index is 1910. The molecule has 5 aliphatic rings. The number of fused-ring (bicyclic) bond motifs is 7. The molecule has 0 aliphatic heterocycles. The lowest BCUT2D eigenvalue weighted by Crippen LogP contribution is -2.66. The second-order valence-corrected chi connectivity index (χ2v) is 21.5. The number of rotatable bonds is 9. The van der Waals surface area contributed by atoms with Gasteiger partial charge in [0.2, 0.25) is 0 Å². The molecule has 0 radical (unpaired) electrons. The van der Waals surface area contributed by atoms with Gasteiger partial charge in [-0.25, -0.2) is 0 Å². The molecule has 5 aliphatic carbocycles. The molecule has 2 aromatic rings. The van der Waals surface area contributed by atoms with Gasteiger partial charge in [-0.1, -0.05) is 60.6 Å². The lowest BCUT2D eigenvalue weighted by molar-refractivity contribution is -0.232. The van der Waals surface area contributed by atoms with Crippen LogP contribution in [-0.2, 0) is 31.1 Å². The Kier molecular flexibility index (Phi) is 10.2. The Morgan fingerprint density at radius 1 is 0.964 bits per heavy atom. The van der Waals surface area contributed by atoms with Gasteiger partial charge in [0.05, 0.1) is 17.3 Å². The van der Waals surface area contributed by atoms with Crippen molar-refractivity contribution in [3.63, 3.8) is 0 Å². The van der Waals surface area contributed by atoms with Crippen LogP contribution in [0.1, 0.15) is 132 Å². The van der Waals surface area contributed by atoms with Crippen LogP contribution in [0.15, 0.2) is 35.4 Å². The number of carboxylic acids is 1. The fourth-order valence-corrected chi connectivity index (χ4v) is 13.9. The molecule has 10 heteroatoms. The summed E-state index contributed by atoms with van der Waals surface area (Å²) in [5.74, 6) is 1.84. The second-order valence-electron chi connectivity index (χ2n) is 20.3. The maximum absolute atomic E-state index is 14.4. The number of ketones is 1. The summed E-state index contributed by atoms with van der Waals surface area (Å²) in [6.45, 7) is 20.9. The molecule has 4 saturated carbocycles. The normalized spacial score (nSPS) is 35.5. The van der Waals surface area contributed by atoms with E-state index < -0.39 is 22.8 Å². The zero-order valence-corrected chi connectivity index (χ0v) is 36.7. The van der Waals surface area contributed by atoms with Gasteiger partial charge in [0.15, 0.2) is 11.6 Å². The van der Waals surface area contributed by atoms with Gasteiger partial charge in [-0.05, 0) is 151 Å². The first-order valence-corrected chi connectivity index (χ1v) is 21.9. The van der Waals surface area contributed by atoms with E-state index in [9.17, 15) is 19.5 Å². The number of benzene rings is 1. The lowest BCUT2D eigenvalue weighted by Gasteiger charge is -2.72. The van der Waals surface area contributed by atoms with E-state index in [0.29, 0.717) is 31.3 Å². The van der Waals surface area contributed by atoms with Crippen LogP contribution in [0, 0.1) is 54.3 Å². The van der Waals surface area contributed by atoms with E-state index in [2.05, 4.69) is 99.9 Å². The highest BCUT2D eigenvalue weighted by atomic mass is 127. The van der Waals surface area contributed by atoms with Gasteiger partial charge in [0.1, 0.15) is 11.9 Å². The minimum absolute atomic E-state index is 0.0129. The summed E-state index contributed by atoms with van der Waals surface area (Å²) in [5.41, 5.74) is 7.89. The molecule has 1 heterocycles. The quantitative estimate of drug-likeness (QED) is 0.188. The first-order valence-electron chi connectivity index (χ1n) is 20.8. The van der Waals surface area contributed by atoms with Gasteiger partial charge in [0, 0.05) is 34.1 Å². The van der Waals surface area contributed by atoms with Crippen LogP contribution in [0.25, 0.3) is 11.4 Å². The Labute approximate surface area is 341 Å². The van der Waals surface area contributed by atoms with Gasteiger partial charge in [0.25, 0.3) is 0 Å². The summed E-state index contributed by atoms with van der Waals surface area (Å²) in [7, 11) is 0. The Hall–Kier alpha value is -2.60. The predicted octanol–water partition coefficient (Wildman–Crippen LogP) is 9.15. The van der Waals surface area contributed by atoms with E-state index in [-0.39, 0.29) is 51.8 Å². The average Bonchev–Trinajstić information content (AvgIpc) is 3.65. The third-order valence-electron chi connectivity index (χ3n) is 16.4. The summed E-state index contributed by atoms with van der Waals surface area (Å²) in [4.78, 5) is 39.4. The van der Waals surface area contributed by atoms with Crippen LogP contribution < -0.4 is 5.73 Å². The molecular formula is C45H63IN4O5. The van der Waals surface area contributed by atoms with Gasteiger partial charge >= 0.3 is 11.9 Å². The number of halogens is 1. The third-order valence-corrected chi connectivity index (χ3v) is 17.2. The van der Waals surface area contributed by atoms with E-state index in [4.69, 9.17) is 20.7 Å².